The van der Waals surface area contributed by atoms with Crippen molar-refractivity contribution in [3.8, 4) is 5.75 Å². The molecule has 8 atom stereocenters. The summed E-state index contributed by atoms with van der Waals surface area (Å²) in [4.78, 5) is 55.1. The zero-order valence-corrected chi connectivity index (χ0v) is 33.5. The molecule has 4 rings (SSSR count). The van der Waals surface area contributed by atoms with Gasteiger partial charge >= 0.3 is 11.9 Å². The molecule has 0 aliphatic carbocycles. The minimum absolute atomic E-state index is 0.0421. The topological polar surface area (TPSA) is 157 Å². The second kappa shape index (κ2) is 22.5. The Hall–Kier alpha value is -4.27. The first-order chi connectivity index (χ1) is 26.9. The van der Waals surface area contributed by atoms with Crippen molar-refractivity contribution in [3.05, 3.63) is 89.5 Å². The number of rotatable bonds is 15. The highest BCUT2D eigenvalue weighted by atomic mass is 35.5. The molecular formula is C42H55ClN2O11. The minimum Gasteiger partial charge on any atom is -0.495 e. The molecule has 2 heterocycles. The van der Waals surface area contributed by atoms with Crippen molar-refractivity contribution in [2.45, 2.75) is 89.8 Å². The molecule has 56 heavy (non-hydrogen) atoms. The average Bonchev–Trinajstić information content (AvgIpc) is 3.62. The number of carbonyl (C=O) groups is 4. The second-order valence-corrected chi connectivity index (χ2v) is 14.7. The molecular weight excluding hydrogens is 744 g/mol. The molecule has 0 saturated carbocycles. The van der Waals surface area contributed by atoms with Crippen LogP contribution >= 0.6 is 11.6 Å². The first kappa shape index (κ1) is 44.4. The van der Waals surface area contributed by atoms with Crippen LogP contribution in [0.5, 0.6) is 5.75 Å². The number of esters is 2. The Balaban J connectivity index is 1.68. The monoisotopic (exact) mass is 798 g/mol. The summed E-state index contributed by atoms with van der Waals surface area (Å²) in [7, 11) is 2.97. The number of benzene rings is 2. The fourth-order valence-electron chi connectivity index (χ4n) is 6.57. The Morgan fingerprint density at radius 2 is 1.77 bits per heavy atom. The molecule has 2 amide bonds. The number of halogens is 1. The second-order valence-electron chi connectivity index (χ2n) is 14.3. The molecule has 1 saturated heterocycles. The molecule has 306 valence electrons. The van der Waals surface area contributed by atoms with Gasteiger partial charge in [0.1, 0.15) is 24.0 Å². The Labute approximate surface area is 334 Å². The molecule has 2 aromatic carbocycles. The van der Waals surface area contributed by atoms with Gasteiger partial charge in [-0.3, -0.25) is 14.4 Å². The molecule has 0 aromatic heterocycles. The quantitative estimate of drug-likeness (QED) is 0.131. The summed E-state index contributed by atoms with van der Waals surface area (Å²) >= 11 is 6.38. The van der Waals surface area contributed by atoms with Gasteiger partial charge in [-0.15, -0.1) is 6.58 Å². The zero-order chi connectivity index (χ0) is 40.6. The third kappa shape index (κ3) is 13.2. The summed E-state index contributed by atoms with van der Waals surface area (Å²) in [5, 5.41) is 5.96. The summed E-state index contributed by atoms with van der Waals surface area (Å²) in [6.07, 6.45) is 2.33. The van der Waals surface area contributed by atoms with Crippen LogP contribution in [0.3, 0.4) is 0 Å². The highest BCUT2D eigenvalue weighted by Crippen LogP contribution is 2.39. The smallest absolute Gasteiger partial charge is 0.347 e. The fourth-order valence-corrected chi connectivity index (χ4v) is 6.85. The van der Waals surface area contributed by atoms with Crippen molar-refractivity contribution in [1.29, 1.82) is 0 Å². The number of cyclic esters (lactones) is 2. The lowest BCUT2D eigenvalue weighted by Gasteiger charge is -2.31. The number of hydrogen-bond acceptors (Lipinski definition) is 11. The molecule has 0 bridgehead atoms. The van der Waals surface area contributed by atoms with Gasteiger partial charge in [-0.1, -0.05) is 80.9 Å². The van der Waals surface area contributed by atoms with Crippen molar-refractivity contribution in [2.75, 3.05) is 34.0 Å². The van der Waals surface area contributed by atoms with E-state index >= 15 is 0 Å². The molecule has 2 aliphatic heterocycles. The Kier molecular flexibility index (Phi) is 17.8. The van der Waals surface area contributed by atoms with Crippen LogP contribution in [0.25, 0.3) is 0 Å². The van der Waals surface area contributed by atoms with E-state index in [9.17, 15) is 19.2 Å². The molecule has 1 fully saturated rings. The molecule has 2 aromatic rings. The van der Waals surface area contributed by atoms with E-state index in [1.807, 2.05) is 51.1 Å². The molecule has 0 spiro atoms. The fraction of sp³-hybridized carbons (Fsp3) is 0.524. The largest absolute Gasteiger partial charge is 0.495 e. The lowest BCUT2D eigenvalue weighted by molar-refractivity contribution is -0.233. The van der Waals surface area contributed by atoms with E-state index in [4.69, 9.17) is 44.8 Å². The minimum atomic E-state index is -1.24. The first-order valence-electron chi connectivity index (χ1n) is 19.0. The van der Waals surface area contributed by atoms with Crippen LogP contribution in [0, 0.1) is 17.8 Å². The van der Waals surface area contributed by atoms with Gasteiger partial charge in [0.05, 0.1) is 30.8 Å². The highest BCUT2D eigenvalue weighted by Gasteiger charge is 2.44. The van der Waals surface area contributed by atoms with Crippen molar-refractivity contribution in [3.63, 3.8) is 0 Å². The van der Waals surface area contributed by atoms with Crippen molar-refractivity contribution >= 4 is 35.4 Å². The van der Waals surface area contributed by atoms with Crippen LogP contribution in [0.15, 0.2) is 73.3 Å². The van der Waals surface area contributed by atoms with Gasteiger partial charge in [0, 0.05) is 39.0 Å². The molecule has 0 radical (unpaired) electrons. The molecule has 2 N–H and O–H groups in total. The normalized spacial score (nSPS) is 26.4. The predicted molar refractivity (Wildman–Crippen MR) is 208 cm³/mol. The standard InChI is InChI=1S/C42H55ClN2O11/c1-7-20-52-21-12-15-30-25-44-39(47)32(24-28-18-19-34(50-5)31(43)23-28)45-36(46)17-11-16-33(53-41(49)35(22-26(2)3)54-40(30)48)27(4)37-38(56-42(51-6)55-37)29-13-9-8-10-14-29/h7-11,13-14,17-19,23,26-27,30,32-33,35,37-38,42H,1,12,15-16,20-22,24-25H2,2-6H3,(H,44,47)(H,45,46)/b17-11+/t27-,30+,32+,33-,35-,37+,38+,42?/m0/s1. The Bertz CT molecular complexity index is 1640. The SMILES string of the molecule is C=CCOCCC[C@@H]1CNC(=O)[C@@H](Cc2ccc(OC)c(Cl)c2)NC(=O)/C=C/C[C@@H]([C@H](C)[C@H]2OC(OC)O[C@@H]2c2ccccc2)OC(=O)[C@H](CC(C)C)OC1=O. The third-order valence-electron chi connectivity index (χ3n) is 9.58. The summed E-state index contributed by atoms with van der Waals surface area (Å²) in [5.41, 5.74) is 1.51. The van der Waals surface area contributed by atoms with Gasteiger partial charge in [0.2, 0.25) is 11.8 Å². The maximum atomic E-state index is 14.0. The van der Waals surface area contributed by atoms with E-state index in [1.54, 1.807) is 30.4 Å². The van der Waals surface area contributed by atoms with Crippen molar-refractivity contribution < 1.29 is 52.3 Å². The maximum absolute atomic E-state index is 14.0. The van der Waals surface area contributed by atoms with Crippen LogP contribution in [0.1, 0.15) is 63.7 Å². The van der Waals surface area contributed by atoms with Crippen LogP contribution in [-0.2, 0) is 54.0 Å². The van der Waals surface area contributed by atoms with Crippen LogP contribution in [0.2, 0.25) is 5.02 Å². The van der Waals surface area contributed by atoms with Crippen molar-refractivity contribution in [2.24, 2.45) is 17.8 Å². The van der Waals surface area contributed by atoms with Crippen LogP contribution < -0.4 is 15.4 Å². The van der Waals surface area contributed by atoms with Gasteiger partial charge in [0.25, 0.3) is 6.48 Å². The number of amides is 2. The first-order valence-corrected chi connectivity index (χ1v) is 19.4. The van der Waals surface area contributed by atoms with E-state index in [-0.39, 0.29) is 38.1 Å². The number of nitrogens with one attached hydrogen (secondary N) is 2. The lowest BCUT2D eigenvalue weighted by Crippen LogP contribution is -2.49. The number of carbonyl (C=O) groups excluding carboxylic acids is 4. The van der Waals surface area contributed by atoms with E-state index < -0.39 is 72.5 Å². The number of hydrogen-bond donors (Lipinski definition) is 2. The van der Waals surface area contributed by atoms with Gasteiger partial charge < -0.3 is 43.8 Å². The zero-order valence-electron chi connectivity index (χ0n) is 32.8. The van der Waals surface area contributed by atoms with Crippen molar-refractivity contribution in [1.82, 2.24) is 10.6 Å². The van der Waals surface area contributed by atoms with Gasteiger partial charge in [0.15, 0.2) is 6.10 Å². The summed E-state index contributed by atoms with van der Waals surface area (Å²) < 4.78 is 40.6. The molecule has 2 aliphatic rings. The van der Waals surface area contributed by atoms with E-state index in [2.05, 4.69) is 17.2 Å². The average molecular weight is 799 g/mol. The lowest BCUT2D eigenvalue weighted by atomic mass is 9.89. The number of methoxy groups -OCH3 is 2. The summed E-state index contributed by atoms with van der Waals surface area (Å²) in [6, 6.07) is 13.5. The van der Waals surface area contributed by atoms with Gasteiger partial charge in [-0.2, -0.15) is 0 Å². The van der Waals surface area contributed by atoms with E-state index in [1.165, 1.54) is 20.3 Å². The van der Waals surface area contributed by atoms with E-state index in [0.29, 0.717) is 36.0 Å². The number of ether oxygens (including phenoxy) is 7. The summed E-state index contributed by atoms with van der Waals surface area (Å²) in [5.74, 6) is -3.40. The molecule has 14 heteroatoms. The Morgan fingerprint density at radius 1 is 1.00 bits per heavy atom. The Morgan fingerprint density at radius 3 is 2.45 bits per heavy atom. The maximum Gasteiger partial charge on any atom is 0.347 e. The van der Waals surface area contributed by atoms with Gasteiger partial charge in [-0.05, 0) is 54.5 Å². The predicted octanol–water partition coefficient (Wildman–Crippen LogP) is 5.64. The van der Waals surface area contributed by atoms with Crippen LogP contribution in [0.4, 0.5) is 0 Å². The highest BCUT2D eigenvalue weighted by molar-refractivity contribution is 6.32. The molecule has 1 unspecified atom stereocenters. The van der Waals surface area contributed by atoms with Crippen LogP contribution in [-0.4, -0.2) is 88.6 Å². The van der Waals surface area contributed by atoms with E-state index in [0.717, 1.165) is 5.56 Å². The third-order valence-corrected chi connectivity index (χ3v) is 9.88. The van der Waals surface area contributed by atoms with Gasteiger partial charge in [-0.25, -0.2) is 4.79 Å². The summed E-state index contributed by atoms with van der Waals surface area (Å²) in [6.45, 7) is 8.93. The molecule has 13 nitrogen and oxygen atoms in total.